The van der Waals surface area contributed by atoms with Gasteiger partial charge < -0.3 is 5.11 Å². The van der Waals surface area contributed by atoms with Crippen LogP contribution in [0.15, 0.2) is 0 Å². The summed E-state index contributed by atoms with van der Waals surface area (Å²) in [5.74, 6) is 0. The van der Waals surface area contributed by atoms with E-state index in [1.165, 1.54) is 0 Å². The van der Waals surface area contributed by atoms with E-state index in [0.717, 1.165) is 0 Å². The first kappa shape index (κ1) is 7.36. The van der Waals surface area contributed by atoms with Crippen LogP contribution in [-0.4, -0.2) is 22.7 Å². The molecule has 0 aliphatic heterocycles. The van der Waals surface area contributed by atoms with Crippen molar-refractivity contribution in [2.45, 2.75) is 19.4 Å². The molecule has 8 heavy (non-hydrogen) atoms. The van der Waals surface area contributed by atoms with Gasteiger partial charge in [-0.05, 0) is 0 Å². The zero-order valence-electron chi connectivity index (χ0n) is 4.70. The lowest BCUT2D eigenvalue weighted by Gasteiger charge is -1.99. The van der Waals surface area contributed by atoms with Gasteiger partial charge in [0.1, 0.15) is 6.61 Å². The minimum Gasteiger partial charge on any atom is -0.389 e. The summed E-state index contributed by atoms with van der Waals surface area (Å²) in [6.07, 6.45) is 0.392. The van der Waals surface area contributed by atoms with Gasteiger partial charge in [0.05, 0.1) is 0 Å². The van der Waals surface area contributed by atoms with Crippen molar-refractivity contribution in [2.24, 2.45) is 0 Å². The van der Waals surface area contributed by atoms with Crippen LogP contribution in [0.3, 0.4) is 0 Å². The van der Waals surface area contributed by atoms with Gasteiger partial charge in [-0.1, -0.05) is 6.92 Å². The highest BCUT2D eigenvalue weighted by Gasteiger charge is 2.13. The molecule has 1 atom stereocenters. The molecule has 4 nitrogen and oxygen atoms in total. The van der Waals surface area contributed by atoms with Crippen molar-refractivity contribution < 1.29 is 10.0 Å². The minimum absolute atomic E-state index is 0.358. The molecule has 0 aromatic rings. The summed E-state index contributed by atoms with van der Waals surface area (Å²) in [7, 11) is 0. The first-order valence-corrected chi connectivity index (χ1v) is 2.46. The van der Waals surface area contributed by atoms with Crippen molar-refractivity contribution in [1.82, 2.24) is 0 Å². The summed E-state index contributed by atoms with van der Waals surface area (Å²) >= 11 is 0. The maximum Gasteiger partial charge on any atom is 0.235 e. The third kappa shape index (κ3) is 1.88. The zero-order valence-corrected chi connectivity index (χ0v) is 4.70. The zero-order chi connectivity index (χ0) is 6.57. The van der Waals surface area contributed by atoms with Crippen molar-refractivity contribution in [3.05, 3.63) is 10.1 Å². The fourth-order valence-corrected chi connectivity index (χ4v) is 0.345. The maximum absolute atomic E-state index is 9.81. The second-order valence-corrected chi connectivity index (χ2v) is 1.53. The molecule has 0 unspecified atom stereocenters. The highest BCUT2D eigenvalue weighted by atomic mass is 16.6. The predicted molar refractivity (Wildman–Crippen MR) is 28.2 cm³/mol. The molecule has 0 fully saturated rings. The molecule has 0 aromatic heterocycles. The van der Waals surface area contributed by atoms with E-state index in [4.69, 9.17) is 5.11 Å². The van der Waals surface area contributed by atoms with Gasteiger partial charge in [0.25, 0.3) is 0 Å². The standard InChI is InChI=1S/C4H9NO3/c1-2-4(3-6)5(7)8/h4,6H,2-3H2,1H3/t4-/m1/s1. The highest BCUT2D eigenvalue weighted by Crippen LogP contribution is 1.92. The highest BCUT2D eigenvalue weighted by molar-refractivity contribution is 4.47. The molecule has 4 heteroatoms. The average Bonchev–Trinajstić information content (AvgIpc) is 1.69. The summed E-state index contributed by atoms with van der Waals surface area (Å²) in [4.78, 5) is 9.33. The lowest BCUT2D eigenvalue weighted by atomic mass is 10.3. The Morgan fingerprint density at radius 1 is 1.88 bits per heavy atom. The summed E-state index contributed by atoms with van der Waals surface area (Å²) in [5, 5.41) is 18.1. The van der Waals surface area contributed by atoms with Crippen LogP contribution in [0.25, 0.3) is 0 Å². The van der Waals surface area contributed by atoms with Crippen LogP contribution < -0.4 is 0 Å². The number of nitro groups is 1. The monoisotopic (exact) mass is 119 g/mol. The van der Waals surface area contributed by atoms with Crippen LogP contribution in [-0.2, 0) is 0 Å². The summed E-state index contributed by atoms with van der Waals surface area (Å²) in [5.41, 5.74) is 0. The van der Waals surface area contributed by atoms with Crippen LogP contribution in [0.2, 0.25) is 0 Å². The van der Waals surface area contributed by atoms with E-state index in [-0.39, 0.29) is 6.61 Å². The van der Waals surface area contributed by atoms with E-state index in [9.17, 15) is 10.1 Å². The van der Waals surface area contributed by atoms with E-state index in [1.54, 1.807) is 6.92 Å². The number of hydrogen-bond donors (Lipinski definition) is 1. The van der Waals surface area contributed by atoms with E-state index < -0.39 is 11.0 Å². The SMILES string of the molecule is CC[C@H](CO)[N+](=O)[O-]. The smallest absolute Gasteiger partial charge is 0.235 e. The van der Waals surface area contributed by atoms with Gasteiger partial charge in [-0.2, -0.15) is 0 Å². The maximum atomic E-state index is 9.81. The lowest BCUT2D eigenvalue weighted by Crippen LogP contribution is -2.22. The number of rotatable bonds is 3. The Labute approximate surface area is 47.3 Å². The van der Waals surface area contributed by atoms with Crippen LogP contribution in [0, 0.1) is 10.1 Å². The summed E-state index contributed by atoms with van der Waals surface area (Å²) < 4.78 is 0. The van der Waals surface area contributed by atoms with Gasteiger partial charge in [-0.25, -0.2) is 0 Å². The Bertz CT molecular complexity index is 79.4. The molecule has 0 aromatic carbocycles. The van der Waals surface area contributed by atoms with Crippen molar-refractivity contribution in [2.75, 3.05) is 6.61 Å². The van der Waals surface area contributed by atoms with Crippen LogP contribution in [0.5, 0.6) is 0 Å². The minimum atomic E-state index is -0.769. The molecule has 0 bridgehead atoms. The van der Waals surface area contributed by atoms with Gasteiger partial charge in [0, 0.05) is 11.3 Å². The molecule has 0 aliphatic rings. The first-order valence-electron chi connectivity index (χ1n) is 2.46. The number of aliphatic hydroxyl groups excluding tert-OH is 1. The third-order valence-corrected chi connectivity index (χ3v) is 0.980. The molecule has 0 spiro atoms. The summed E-state index contributed by atoms with van der Waals surface area (Å²) in [6.45, 7) is 1.31. The van der Waals surface area contributed by atoms with Crippen LogP contribution >= 0.6 is 0 Å². The molecule has 0 saturated carbocycles. The lowest BCUT2D eigenvalue weighted by molar-refractivity contribution is -0.526. The van der Waals surface area contributed by atoms with Crippen molar-refractivity contribution in [3.8, 4) is 0 Å². The van der Waals surface area contributed by atoms with Gasteiger partial charge in [-0.3, -0.25) is 10.1 Å². The molecule has 0 radical (unpaired) electrons. The van der Waals surface area contributed by atoms with Crippen LogP contribution in [0.1, 0.15) is 13.3 Å². The molecule has 0 saturated heterocycles. The normalized spacial score (nSPS) is 13.2. The fraction of sp³-hybridized carbons (Fsp3) is 1.00. The second-order valence-electron chi connectivity index (χ2n) is 1.53. The van der Waals surface area contributed by atoms with Gasteiger partial charge >= 0.3 is 0 Å². The summed E-state index contributed by atoms with van der Waals surface area (Å²) in [6, 6.07) is -0.769. The van der Waals surface area contributed by atoms with E-state index in [0.29, 0.717) is 6.42 Å². The molecule has 1 N–H and O–H groups in total. The molecule has 0 aliphatic carbocycles. The molecule has 0 heterocycles. The quantitative estimate of drug-likeness (QED) is 0.421. The molecular weight excluding hydrogens is 110 g/mol. The van der Waals surface area contributed by atoms with Gasteiger partial charge in [0.2, 0.25) is 6.04 Å². The third-order valence-electron chi connectivity index (χ3n) is 0.980. The molecule has 0 amide bonds. The van der Waals surface area contributed by atoms with Crippen molar-refractivity contribution in [3.63, 3.8) is 0 Å². The van der Waals surface area contributed by atoms with Gasteiger partial charge in [-0.15, -0.1) is 0 Å². The molecular formula is C4H9NO3. The van der Waals surface area contributed by atoms with E-state index >= 15 is 0 Å². The van der Waals surface area contributed by atoms with Gasteiger partial charge in [0.15, 0.2) is 0 Å². The Hall–Kier alpha value is -0.640. The number of hydrogen-bond acceptors (Lipinski definition) is 3. The Kier molecular flexibility index (Phi) is 3.10. The Balaban J connectivity index is 3.52. The first-order chi connectivity index (χ1) is 3.72. The largest absolute Gasteiger partial charge is 0.389 e. The van der Waals surface area contributed by atoms with E-state index in [1.807, 2.05) is 0 Å². The van der Waals surface area contributed by atoms with Crippen molar-refractivity contribution in [1.29, 1.82) is 0 Å². The molecule has 48 valence electrons. The predicted octanol–water partition coefficient (Wildman–Crippen LogP) is 0.0340. The second kappa shape index (κ2) is 3.37. The molecule has 0 rings (SSSR count). The Morgan fingerprint density at radius 3 is 2.38 bits per heavy atom. The van der Waals surface area contributed by atoms with Crippen molar-refractivity contribution >= 4 is 0 Å². The van der Waals surface area contributed by atoms with E-state index in [2.05, 4.69) is 0 Å². The average molecular weight is 119 g/mol. The topological polar surface area (TPSA) is 63.4 Å². The fourth-order valence-electron chi connectivity index (χ4n) is 0.345. The number of nitrogens with zero attached hydrogens (tertiary/aromatic N) is 1. The Morgan fingerprint density at radius 2 is 2.38 bits per heavy atom. The number of aliphatic hydroxyl groups is 1. The van der Waals surface area contributed by atoms with Crippen LogP contribution in [0.4, 0.5) is 0 Å².